The lowest BCUT2D eigenvalue weighted by Gasteiger charge is -2.13. The molecule has 8 heavy (non-hydrogen) atoms. The molecule has 0 bridgehead atoms. The van der Waals surface area contributed by atoms with Gasteiger partial charge >= 0.3 is 0 Å². The molecule has 0 spiro atoms. The number of hydrogen-bond acceptors (Lipinski definition) is 3. The molecule has 0 aliphatic heterocycles. The third-order valence-electron chi connectivity index (χ3n) is 0.687. The first-order valence-electron chi connectivity index (χ1n) is 2.22. The summed E-state index contributed by atoms with van der Waals surface area (Å²) in [7, 11) is 0. The highest BCUT2D eigenvalue weighted by molar-refractivity contribution is 5.83. The van der Waals surface area contributed by atoms with Crippen LogP contribution in [0.4, 0.5) is 0 Å². The van der Waals surface area contributed by atoms with Crippen LogP contribution < -0.4 is 11.2 Å². The van der Waals surface area contributed by atoms with Crippen molar-refractivity contribution in [3.63, 3.8) is 0 Å². The molecule has 0 fully saturated rings. The smallest absolute Gasteiger partial charge is 0.262 e. The van der Waals surface area contributed by atoms with Crippen LogP contribution in [-0.2, 0) is 4.79 Å². The molecule has 0 saturated heterocycles. The lowest BCUT2D eigenvalue weighted by Crippen LogP contribution is -2.47. The Hall–Kier alpha value is -0.610. The first kappa shape index (κ1) is 7.39. The van der Waals surface area contributed by atoms with Crippen LogP contribution in [-0.4, -0.2) is 16.7 Å². The van der Waals surface area contributed by atoms with Crippen LogP contribution in [0.15, 0.2) is 0 Å². The largest absolute Gasteiger partial charge is 0.318 e. The minimum atomic E-state index is -0.991. The van der Waals surface area contributed by atoms with Gasteiger partial charge in [-0.05, 0) is 13.8 Å². The van der Waals surface area contributed by atoms with Crippen molar-refractivity contribution >= 4 is 5.91 Å². The van der Waals surface area contributed by atoms with Gasteiger partial charge in [-0.2, -0.15) is 0 Å². The van der Waals surface area contributed by atoms with Crippen LogP contribution in [0.2, 0.25) is 0 Å². The van der Waals surface area contributed by atoms with Gasteiger partial charge in [-0.15, -0.1) is 0 Å². The molecule has 0 unspecified atom stereocenters. The van der Waals surface area contributed by atoms with Crippen molar-refractivity contribution in [3.8, 4) is 0 Å². The maximum atomic E-state index is 10.3. The topological polar surface area (TPSA) is 75.4 Å². The first-order valence-corrected chi connectivity index (χ1v) is 2.22. The molecule has 1 amide bonds. The Balaban J connectivity index is 3.82. The number of hydroxylamine groups is 1. The Morgan fingerprint density at radius 1 is 1.75 bits per heavy atom. The predicted octanol–water partition coefficient (Wildman–Crippen LogP) is -0.771. The van der Waals surface area contributed by atoms with E-state index in [-0.39, 0.29) is 0 Å². The van der Waals surface area contributed by atoms with Gasteiger partial charge in [-0.1, -0.05) is 0 Å². The Bertz CT molecular complexity index is 94.7. The molecule has 0 aromatic heterocycles. The second-order valence-electron chi connectivity index (χ2n) is 2.16. The van der Waals surface area contributed by atoms with Crippen LogP contribution in [0, 0.1) is 0 Å². The van der Waals surface area contributed by atoms with Gasteiger partial charge in [0.2, 0.25) is 0 Å². The lowest BCUT2D eigenvalue weighted by atomic mass is 10.1. The fraction of sp³-hybridized carbons (Fsp3) is 0.750. The summed E-state index contributed by atoms with van der Waals surface area (Å²) in [5, 5.41) is 7.99. The van der Waals surface area contributed by atoms with E-state index < -0.39 is 11.4 Å². The van der Waals surface area contributed by atoms with Crippen molar-refractivity contribution in [2.24, 2.45) is 5.73 Å². The Morgan fingerprint density at radius 2 is 2.12 bits per heavy atom. The molecule has 0 radical (unpaired) electrons. The normalized spacial score (nSPS) is 11.0. The molecule has 4 nitrogen and oxygen atoms in total. The maximum absolute atomic E-state index is 10.3. The van der Waals surface area contributed by atoms with Crippen molar-refractivity contribution < 1.29 is 10.0 Å². The molecule has 4 N–H and O–H groups in total. The fourth-order valence-electron chi connectivity index (χ4n) is 0.144. The van der Waals surface area contributed by atoms with E-state index in [0.29, 0.717) is 0 Å². The van der Waals surface area contributed by atoms with Crippen molar-refractivity contribution in [3.05, 3.63) is 0 Å². The molecular formula is C4H10N2O2. The quantitative estimate of drug-likeness (QED) is 0.312. The number of nitrogens with two attached hydrogens (primary N) is 1. The van der Waals surface area contributed by atoms with Crippen LogP contribution in [0.25, 0.3) is 0 Å². The second-order valence-corrected chi connectivity index (χ2v) is 2.16. The lowest BCUT2D eigenvalue weighted by molar-refractivity contribution is -0.133. The molecular weight excluding hydrogens is 108 g/mol. The number of carbonyl (C=O) groups is 1. The van der Waals surface area contributed by atoms with Crippen LogP contribution >= 0.6 is 0 Å². The van der Waals surface area contributed by atoms with E-state index in [1.807, 2.05) is 0 Å². The zero-order chi connectivity index (χ0) is 6.78. The number of rotatable bonds is 1. The number of carbonyl (C=O) groups excluding carboxylic acids is 1. The second kappa shape index (κ2) is 2.11. The highest BCUT2D eigenvalue weighted by Gasteiger charge is 2.20. The summed E-state index contributed by atoms with van der Waals surface area (Å²) in [4.78, 5) is 10.3. The predicted molar refractivity (Wildman–Crippen MR) is 28.2 cm³/mol. The highest BCUT2D eigenvalue weighted by atomic mass is 16.5. The third-order valence-corrected chi connectivity index (χ3v) is 0.687. The third kappa shape index (κ3) is 1.90. The molecule has 0 atom stereocenters. The van der Waals surface area contributed by atoms with Crippen LogP contribution in [0.3, 0.4) is 0 Å². The highest BCUT2D eigenvalue weighted by Crippen LogP contribution is 1.93. The van der Waals surface area contributed by atoms with Gasteiger partial charge in [-0.25, -0.2) is 5.48 Å². The van der Waals surface area contributed by atoms with Gasteiger partial charge in [0.25, 0.3) is 5.91 Å². The van der Waals surface area contributed by atoms with Gasteiger partial charge in [0.15, 0.2) is 0 Å². The maximum Gasteiger partial charge on any atom is 0.262 e. The zero-order valence-electron chi connectivity index (χ0n) is 4.93. The zero-order valence-corrected chi connectivity index (χ0v) is 4.93. The van der Waals surface area contributed by atoms with E-state index in [2.05, 4.69) is 0 Å². The van der Waals surface area contributed by atoms with E-state index in [0.717, 1.165) is 0 Å². The molecule has 0 aliphatic carbocycles. The Labute approximate surface area is 47.6 Å². The average molecular weight is 118 g/mol. The summed E-state index contributed by atoms with van der Waals surface area (Å²) in [6.07, 6.45) is 0. The minimum absolute atomic E-state index is 0.586. The summed E-state index contributed by atoms with van der Waals surface area (Å²) >= 11 is 0. The summed E-state index contributed by atoms with van der Waals surface area (Å²) in [6, 6.07) is 0. The van der Waals surface area contributed by atoms with E-state index in [4.69, 9.17) is 10.9 Å². The first-order chi connectivity index (χ1) is 3.48. The molecule has 0 aromatic rings. The van der Waals surface area contributed by atoms with Gasteiger partial charge < -0.3 is 5.73 Å². The van der Waals surface area contributed by atoms with Crippen molar-refractivity contribution in [2.45, 2.75) is 19.4 Å². The number of hydrogen-bond donors (Lipinski definition) is 3. The van der Waals surface area contributed by atoms with Gasteiger partial charge in [0, 0.05) is 0 Å². The summed E-state index contributed by atoms with van der Waals surface area (Å²) < 4.78 is 0. The minimum Gasteiger partial charge on any atom is -0.318 e. The molecule has 4 heteroatoms. The van der Waals surface area contributed by atoms with E-state index >= 15 is 0 Å². The molecule has 0 aliphatic rings. The van der Waals surface area contributed by atoms with Gasteiger partial charge in [0.05, 0.1) is 5.54 Å². The summed E-state index contributed by atoms with van der Waals surface area (Å²) in [5.74, 6) is -0.586. The SMILES string of the molecule is CC(C)(N)C(=O)NO. The number of nitrogens with one attached hydrogen (secondary N) is 1. The van der Waals surface area contributed by atoms with Crippen molar-refractivity contribution in [2.75, 3.05) is 0 Å². The fourth-order valence-corrected chi connectivity index (χ4v) is 0.144. The molecule has 0 rings (SSSR count). The van der Waals surface area contributed by atoms with Crippen molar-refractivity contribution in [1.82, 2.24) is 5.48 Å². The van der Waals surface area contributed by atoms with Gasteiger partial charge in [0.1, 0.15) is 0 Å². The Kier molecular flexibility index (Phi) is 1.94. The standard InChI is InChI=1S/C4H10N2O2/c1-4(2,5)3(7)6-8/h8H,5H2,1-2H3,(H,6,7). The number of amides is 1. The summed E-state index contributed by atoms with van der Waals surface area (Å²) in [5.41, 5.74) is 5.67. The molecule has 0 aromatic carbocycles. The molecule has 0 heterocycles. The van der Waals surface area contributed by atoms with E-state index in [9.17, 15) is 4.79 Å². The Morgan fingerprint density at radius 3 is 2.12 bits per heavy atom. The van der Waals surface area contributed by atoms with Crippen molar-refractivity contribution in [1.29, 1.82) is 0 Å². The van der Waals surface area contributed by atoms with E-state index in [1.54, 1.807) is 0 Å². The summed E-state index contributed by atoms with van der Waals surface area (Å²) in [6.45, 7) is 3.00. The van der Waals surface area contributed by atoms with Crippen LogP contribution in [0.5, 0.6) is 0 Å². The van der Waals surface area contributed by atoms with Gasteiger partial charge in [-0.3, -0.25) is 10.0 Å². The monoisotopic (exact) mass is 118 g/mol. The van der Waals surface area contributed by atoms with E-state index in [1.165, 1.54) is 19.3 Å². The van der Waals surface area contributed by atoms with Crippen LogP contribution in [0.1, 0.15) is 13.8 Å². The molecule has 48 valence electrons. The average Bonchev–Trinajstić information content (AvgIpc) is 1.62. The molecule has 0 saturated carbocycles.